The second-order valence-corrected chi connectivity index (χ2v) is 11.3. The van der Waals surface area contributed by atoms with Gasteiger partial charge in [-0.05, 0) is 88.8 Å². The van der Waals surface area contributed by atoms with Gasteiger partial charge in [0, 0.05) is 33.9 Å². The molecule has 0 unspecified atom stereocenters. The molecule has 0 aliphatic rings. The topological polar surface area (TPSA) is 24.1 Å². The molecule has 0 saturated heterocycles. The molecule has 0 aromatic heterocycles. The van der Waals surface area contributed by atoms with E-state index in [2.05, 4.69) is 187 Å². The lowest BCUT2D eigenvalue weighted by Gasteiger charge is -2.17. The van der Waals surface area contributed by atoms with Gasteiger partial charge in [-0.25, -0.2) is 0 Å². The zero-order chi connectivity index (χ0) is 30.4. The first kappa shape index (κ1) is 27.9. The van der Waals surface area contributed by atoms with Crippen molar-refractivity contribution >= 4 is 22.7 Å². The van der Waals surface area contributed by atoms with Gasteiger partial charge in [0.1, 0.15) is 0 Å². The van der Waals surface area contributed by atoms with Crippen LogP contribution >= 0.6 is 0 Å². The van der Waals surface area contributed by atoms with Gasteiger partial charge in [-0.2, -0.15) is 0 Å². The van der Waals surface area contributed by atoms with Crippen molar-refractivity contribution in [3.05, 3.63) is 181 Å². The minimum atomic E-state index is 1.06. The largest absolute Gasteiger partial charge is 0.355 e. The summed E-state index contributed by atoms with van der Waals surface area (Å²) in [5.74, 6) is 0. The summed E-state index contributed by atoms with van der Waals surface area (Å²) in [6.45, 7) is 2.15. The van der Waals surface area contributed by atoms with Crippen LogP contribution in [0.15, 0.2) is 176 Å². The van der Waals surface area contributed by atoms with Gasteiger partial charge in [-0.15, -0.1) is 0 Å². The lowest BCUT2D eigenvalue weighted by molar-refractivity contribution is 1.46. The molecule has 7 aromatic carbocycles. The first-order valence-electron chi connectivity index (χ1n) is 15.4. The van der Waals surface area contributed by atoms with E-state index < -0.39 is 0 Å². The maximum absolute atomic E-state index is 3.74. The van der Waals surface area contributed by atoms with E-state index in [1.807, 2.05) is 6.07 Å². The Balaban J connectivity index is 1.30. The van der Waals surface area contributed by atoms with Gasteiger partial charge in [0.05, 0.1) is 0 Å². The Morgan fingerprint density at radius 3 is 1.42 bits per heavy atom. The molecular formula is C43H34N2. The second-order valence-electron chi connectivity index (χ2n) is 11.3. The van der Waals surface area contributed by atoms with Crippen LogP contribution < -0.4 is 10.6 Å². The summed E-state index contributed by atoms with van der Waals surface area (Å²) in [6.07, 6.45) is 0. The Labute approximate surface area is 265 Å². The molecule has 0 fully saturated rings. The molecule has 2 N–H and O–H groups in total. The molecule has 7 rings (SSSR count). The third-order valence-electron chi connectivity index (χ3n) is 8.09. The van der Waals surface area contributed by atoms with Crippen LogP contribution in [0.4, 0.5) is 22.7 Å². The highest BCUT2D eigenvalue weighted by atomic mass is 14.9. The van der Waals surface area contributed by atoms with Crippen LogP contribution in [0.25, 0.3) is 44.5 Å². The van der Waals surface area contributed by atoms with E-state index in [0.29, 0.717) is 0 Å². The summed E-state index contributed by atoms with van der Waals surface area (Å²) in [7, 11) is 0. The minimum Gasteiger partial charge on any atom is -0.355 e. The third-order valence-corrected chi connectivity index (χ3v) is 8.09. The van der Waals surface area contributed by atoms with Gasteiger partial charge in [0.2, 0.25) is 0 Å². The first-order chi connectivity index (χ1) is 22.2. The molecule has 0 amide bonds. The Morgan fingerprint density at radius 1 is 0.311 bits per heavy atom. The summed E-state index contributed by atoms with van der Waals surface area (Å²) in [6, 6.07) is 62.2. The zero-order valence-electron chi connectivity index (χ0n) is 25.2. The molecule has 7 aromatic rings. The van der Waals surface area contributed by atoms with Crippen molar-refractivity contribution in [2.24, 2.45) is 0 Å². The average molecular weight is 579 g/mol. The van der Waals surface area contributed by atoms with Crippen LogP contribution in [0.2, 0.25) is 0 Å². The predicted octanol–water partition coefficient (Wildman–Crippen LogP) is 12.2. The minimum absolute atomic E-state index is 1.06. The highest BCUT2D eigenvalue weighted by Crippen LogP contribution is 2.39. The molecular weight excluding hydrogens is 544 g/mol. The molecule has 0 aliphatic carbocycles. The van der Waals surface area contributed by atoms with E-state index in [1.165, 1.54) is 38.9 Å². The van der Waals surface area contributed by atoms with Crippen molar-refractivity contribution in [3.8, 4) is 44.5 Å². The van der Waals surface area contributed by atoms with Crippen LogP contribution in [0, 0.1) is 6.92 Å². The Hall–Kier alpha value is -5.86. The molecule has 216 valence electrons. The van der Waals surface area contributed by atoms with Crippen molar-refractivity contribution in [1.82, 2.24) is 0 Å². The summed E-state index contributed by atoms with van der Waals surface area (Å²) >= 11 is 0. The molecule has 2 heteroatoms. The van der Waals surface area contributed by atoms with E-state index in [0.717, 1.165) is 33.9 Å². The van der Waals surface area contributed by atoms with Gasteiger partial charge < -0.3 is 10.6 Å². The van der Waals surface area contributed by atoms with Crippen molar-refractivity contribution in [2.45, 2.75) is 6.92 Å². The van der Waals surface area contributed by atoms with Crippen LogP contribution in [-0.2, 0) is 0 Å². The maximum atomic E-state index is 3.74. The fraction of sp³-hybridized carbons (Fsp3) is 0.0233. The third kappa shape index (κ3) is 6.41. The lowest BCUT2D eigenvalue weighted by Crippen LogP contribution is -1.96. The first-order valence-corrected chi connectivity index (χ1v) is 15.4. The van der Waals surface area contributed by atoms with E-state index in [1.54, 1.807) is 0 Å². The van der Waals surface area contributed by atoms with Gasteiger partial charge in [-0.1, -0.05) is 133 Å². The average Bonchev–Trinajstić information content (AvgIpc) is 3.10. The van der Waals surface area contributed by atoms with E-state index >= 15 is 0 Å². The molecule has 45 heavy (non-hydrogen) atoms. The van der Waals surface area contributed by atoms with E-state index in [9.17, 15) is 0 Å². The number of nitrogens with one attached hydrogen (secondary N) is 2. The van der Waals surface area contributed by atoms with Gasteiger partial charge in [0.25, 0.3) is 0 Å². The van der Waals surface area contributed by atoms with Crippen LogP contribution in [0.3, 0.4) is 0 Å². The van der Waals surface area contributed by atoms with Crippen LogP contribution in [-0.4, -0.2) is 0 Å². The number of aryl methyl sites for hydroxylation is 1. The highest BCUT2D eigenvalue weighted by molar-refractivity contribution is 5.89. The van der Waals surface area contributed by atoms with E-state index in [-0.39, 0.29) is 0 Å². The summed E-state index contributed by atoms with van der Waals surface area (Å²) in [4.78, 5) is 0. The van der Waals surface area contributed by atoms with E-state index in [4.69, 9.17) is 0 Å². The number of rotatable bonds is 8. The quantitative estimate of drug-likeness (QED) is 0.187. The molecule has 0 bridgehead atoms. The fourth-order valence-corrected chi connectivity index (χ4v) is 5.81. The Morgan fingerprint density at radius 2 is 0.778 bits per heavy atom. The van der Waals surface area contributed by atoms with Crippen molar-refractivity contribution in [3.63, 3.8) is 0 Å². The number of anilines is 4. The van der Waals surface area contributed by atoms with Crippen molar-refractivity contribution in [2.75, 3.05) is 10.6 Å². The Bertz CT molecular complexity index is 2050. The monoisotopic (exact) mass is 578 g/mol. The van der Waals surface area contributed by atoms with Gasteiger partial charge in [0.15, 0.2) is 0 Å². The van der Waals surface area contributed by atoms with Gasteiger partial charge >= 0.3 is 0 Å². The van der Waals surface area contributed by atoms with Crippen LogP contribution in [0.5, 0.6) is 0 Å². The molecule has 0 aliphatic heterocycles. The van der Waals surface area contributed by atoms with Crippen molar-refractivity contribution in [1.29, 1.82) is 0 Å². The standard InChI is InChI=1S/C43H34N2/c1-31-13-11-19-37(27-31)41-30-36(24-26-43(41)45-39-22-12-18-34(28-39)32-14-5-2-6-15-32)35-23-25-42(44-38-20-9-4-10-21-38)40(29-35)33-16-7-3-8-17-33/h2-30,44-45H,1H3. The lowest BCUT2D eigenvalue weighted by atomic mass is 9.93. The molecule has 0 atom stereocenters. The second kappa shape index (κ2) is 12.8. The molecule has 2 nitrogen and oxygen atoms in total. The normalized spacial score (nSPS) is 10.8. The smallest absolute Gasteiger partial charge is 0.0464 e. The maximum Gasteiger partial charge on any atom is 0.0464 e. The molecule has 0 saturated carbocycles. The van der Waals surface area contributed by atoms with Crippen LogP contribution in [0.1, 0.15) is 5.56 Å². The van der Waals surface area contributed by atoms with Crippen molar-refractivity contribution < 1.29 is 0 Å². The zero-order valence-corrected chi connectivity index (χ0v) is 25.2. The molecule has 0 heterocycles. The number of hydrogen-bond donors (Lipinski definition) is 2. The predicted molar refractivity (Wildman–Crippen MR) is 192 cm³/mol. The van der Waals surface area contributed by atoms with Gasteiger partial charge in [-0.3, -0.25) is 0 Å². The number of para-hydroxylation sites is 1. The number of hydrogen-bond acceptors (Lipinski definition) is 2. The highest BCUT2D eigenvalue weighted by Gasteiger charge is 2.13. The summed E-state index contributed by atoms with van der Waals surface area (Å²) in [5, 5.41) is 7.38. The SMILES string of the molecule is Cc1cccc(-c2cc(-c3ccc(Nc4ccccc4)c(-c4ccccc4)c3)ccc2Nc2cccc(-c3ccccc3)c2)c1. The Kier molecular flexibility index (Phi) is 7.94. The summed E-state index contributed by atoms with van der Waals surface area (Å²) in [5.41, 5.74) is 14.9. The summed E-state index contributed by atoms with van der Waals surface area (Å²) < 4.78 is 0. The molecule has 0 spiro atoms. The molecule has 0 radical (unpaired) electrons. The number of benzene rings is 7. The fourth-order valence-electron chi connectivity index (χ4n) is 5.81.